The number of hydrogen-bond acceptors (Lipinski definition) is 2. The molecule has 1 atom stereocenters. The number of nitrogens with zero attached hydrogens (tertiary/aromatic N) is 2. The van der Waals surface area contributed by atoms with Crippen LogP contribution in [0.25, 0.3) is 0 Å². The summed E-state index contributed by atoms with van der Waals surface area (Å²) in [6, 6.07) is 0.389. The Balaban J connectivity index is 3.16. The molecule has 1 rings (SSSR count). The second-order valence-electron chi connectivity index (χ2n) is 4.20. The number of aryl methyl sites for hydroxylation is 1. The van der Waals surface area contributed by atoms with E-state index in [0.717, 1.165) is 23.8 Å². The van der Waals surface area contributed by atoms with E-state index in [4.69, 9.17) is 5.73 Å². The standard InChI is InChI=1S/C11H21N3/c1-6-8(4)10-11(12)14(7(2)3)9(5)13-10/h7-8H,6,12H2,1-5H3. The molecule has 1 unspecified atom stereocenters. The zero-order valence-corrected chi connectivity index (χ0v) is 9.83. The number of rotatable bonds is 3. The molecule has 0 saturated heterocycles. The number of nitrogens with two attached hydrogens (primary N) is 1. The molecule has 3 nitrogen and oxygen atoms in total. The fraction of sp³-hybridized carbons (Fsp3) is 0.727. The summed E-state index contributed by atoms with van der Waals surface area (Å²) in [6.07, 6.45) is 1.08. The van der Waals surface area contributed by atoms with Gasteiger partial charge in [-0.15, -0.1) is 0 Å². The highest BCUT2D eigenvalue weighted by Gasteiger charge is 2.17. The van der Waals surface area contributed by atoms with Gasteiger partial charge < -0.3 is 10.3 Å². The quantitative estimate of drug-likeness (QED) is 0.806. The van der Waals surface area contributed by atoms with Crippen LogP contribution in [0.3, 0.4) is 0 Å². The van der Waals surface area contributed by atoms with E-state index in [1.165, 1.54) is 0 Å². The van der Waals surface area contributed by atoms with Crippen molar-refractivity contribution in [1.82, 2.24) is 9.55 Å². The van der Waals surface area contributed by atoms with Crippen molar-refractivity contribution in [1.29, 1.82) is 0 Å². The Morgan fingerprint density at radius 3 is 2.29 bits per heavy atom. The van der Waals surface area contributed by atoms with Crippen molar-refractivity contribution in [2.24, 2.45) is 0 Å². The summed E-state index contributed by atoms with van der Waals surface area (Å²) in [7, 11) is 0. The Labute approximate surface area is 86.3 Å². The molecule has 1 heterocycles. The van der Waals surface area contributed by atoms with Gasteiger partial charge in [-0.05, 0) is 27.2 Å². The van der Waals surface area contributed by atoms with Crippen LogP contribution >= 0.6 is 0 Å². The van der Waals surface area contributed by atoms with Crippen molar-refractivity contribution in [2.45, 2.75) is 53.0 Å². The van der Waals surface area contributed by atoms with Crippen LogP contribution in [0, 0.1) is 6.92 Å². The molecule has 0 radical (unpaired) electrons. The summed E-state index contributed by atoms with van der Waals surface area (Å²) < 4.78 is 2.10. The van der Waals surface area contributed by atoms with E-state index in [2.05, 4.69) is 37.2 Å². The molecule has 0 aromatic carbocycles. The Morgan fingerprint density at radius 1 is 1.36 bits per heavy atom. The van der Waals surface area contributed by atoms with Crippen LogP contribution in [0.4, 0.5) is 5.82 Å². The maximum absolute atomic E-state index is 6.08. The van der Waals surface area contributed by atoms with Crippen LogP contribution in [0.2, 0.25) is 0 Å². The highest BCUT2D eigenvalue weighted by atomic mass is 15.2. The van der Waals surface area contributed by atoms with E-state index in [9.17, 15) is 0 Å². The van der Waals surface area contributed by atoms with Gasteiger partial charge in [-0.25, -0.2) is 4.98 Å². The first-order chi connectivity index (χ1) is 6.49. The monoisotopic (exact) mass is 195 g/mol. The van der Waals surface area contributed by atoms with Crippen molar-refractivity contribution in [2.75, 3.05) is 5.73 Å². The number of anilines is 1. The minimum absolute atomic E-state index is 0.389. The van der Waals surface area contributed by atoms with E-state index >= 15 is 0 Å². The Hall–Kier alpha value is -0.990. The summed E-state index contributed by atoms with van der Waals surface area (Å²) >= 11 is 0. The molecule has 1 aromatic rings. The summed E-state index contributed by atoms with van der Waals surface area (Å²) in [4.78, 5) is 4.54. The maximum Gasteiger partial charge on any atom is 0.127 e. The van der Waals surface area contributed by atoms with Crippen LogP contribution in [-0.2, 0) is 0 Å². The average molecular weight is 195 g/mol. The van der Waals surface area contributed by atoms with Crippen LogP contribution < -0.4 is 5.73 Å². The van der Waals surface area contributed by atoms with Gasteiger partial charge >= 0.3 is 0 Å². The third-order valence-electron chi connectivity index (χ3n) is 2.75. The van der Waals surface area contributed by atoms with Crippen LogP contribution in [-0.4, -0.2) is 9.55 Å². The smallest absolute Gasteiger partial charge is 0.127 e. The first kappa shape index (κ1) is 11.1. The summed E-state index contributed by atoms with van der Waals surface area (Å²) in [5.41, 5.74) is 7.14. The number of aromatic nitrogens is 2. The van der Waals surface area contributed by atoms with Gasteiger partial charge in [0, 0.05) is 12.0 Å². The molecular weight excluding hydrogens is 174 g/mol. The number of nitrogen functional groups attached to an aromatic ring is 1. The molecule has 0 aliphatic heterocycles. The van der Waals surface area contributed by atoms with Gasteiger partial charge in [0.05, 0.1) is 5.69 Å². The predicted molar refractivity (Wildman–Crippen MR) is 60.5 cm³/mol. The Morgan fingerprint density at radius 2 is 1.93 bits per heavy atom. The molecule has 2 N–H and O–H groups in total. The molecule has 0 aliphatic carbocycles. The van der Waals surface area contributed by atoms with Gasteiger partial charge in [0.25, 0.3) is 0 Å². The molecule has 80 valence electrons. The molecule has 3 heteroatoms. The summed E-state index contributed by atoms with van der Waals surface area (Å²) in [6.45, 7) is 10.6. The second kappa shape index (κ2) is 4.03. The molecule has 0 fully saturated rings. The van der Waals surface area contributed by atoms with Crippen molar-refractivity contribution in [3.63, 3.8) is 0 Å². The van der Waals surface area contributed by atoms with Crippen LogP contribution in [0.5, 0.6) is 0 Å². The van der Waals surface area contributed by atoms with E-state index in [0.29, 0.717) is 12.0 Å². The highest BCUT2D eigenvalue weighted by Crippen LogP contribution is 2.27. The first-order valence-electron chi connectivity index (χ1n) is 5.33. The summed E-state index contributed by atoms with van der Waals surface area (Å²) in [5, 5.41) is 0. The van der Waals surface area contributed by atoms with Crippen LogP contribution in [0.1, 0.15) is 57.6 Å². The Bertz CT molecular complexity index is 313. The van der Waals surface area contributed by atoms with Gasteiger partial charge in [0.15, 0.2) is 0 Å². The molecule has 0 aliphatic rings. The topological polar surface area (TPSA) is 43.8 Å². The first-order valence-corrected chi connectivity index (χ1v) is 5.33. The molecular formula is C11H21N3. The third-order valence-corrected chi connectivity index (χ3v) is 2.75. The highest BCUT2D eigenvalue weighted by molar-refractivity contribution is 5.40. The van der Waals surface area contributed by atoms with Crippen molar-refractivity contribution < 1.29 is 0 Å². The van der Waals surface area contributed by atoms with Crippen molar-refractivity contribution in [3.05, 3.63) is 11.5 Å². The zero-order chi connectivity index (χ0) is 10.9. The van der Waals surface area contributed by atoms with Gasteiger partial charge in [0.1, 0.15) is 11.6 Å². The lowest BCUT2D eigenvalue weighted by Gasteiger charge is -2.12. The molecule has 0 spiro atoms. The van der Waals surface area contributed by atoms with Crippen LogP contribution in [0.15, 0.2) is 0 Å². The predicted octanol–water partition coefficient (Wildman–Crippen LogP) is 2.87. The van der Waals surface area contributed by atoms with E-state index in [1.54, 1.807) is 0 Å². The number of hydrogen-bond donors (Lipinski definition) is 1. The molecule has 0 saturated carbocycles. The van der Waals surface area contributed by atoms with Gasteiger partial charge in [-0.3, -0.25) is 0 Å². The van der Waals surface area contributed by atoms with Gasteiger partial charge in [-0.1, -0.05) is 13.8 Å². The largest absolute Gasteiger partial charge is 0.384 e. The minimum atomic E-state index is 0.389. The van der Waals surface area contributed by atoms with Gasteiger partial charge in [-0.2, -0.15) is 0 Å². The SMILES string of the molecule is CCC(C)c1nc(C)n(C(C)C)c1N. The fourth-order valence-corrected chi connectivity index (χ4v) is 1.79. The maximum atomic E-state index is 6.08. The summed E-state index contributed by atoms with van der Waals surface area (Å²) in [5.74, 6) is 2.31. The lowest BCUT2D eigenvalue weighted by Crippen LogP contribution is -2.08. The lowest BCUT2D eigenvalue weighted by molar-refractivity contribution is 0.590. The van der Waals surface area contributed by atoms with Gasteiger partial charge in [0.2, 0.25) is 0 Å². The van der Waals surface area contributed by atoms with Crippen molar-refractivity contribution in [3.8, 4) is 0 Å². The third kappa shape index (κ3) is 1.76. The molecule has 1 aromatic heterocycles. The van der Waals surface area contributed by atoms with E-state index < -0.39 is 0 Å². The lowest BCUT2D eigenvalue weighted by atomic mass is 10.1. The molecule has 0 bridgehead atoms. The fourth-order valence-electron chi connectivity index (χ4n) is 1.79. The minimum Gasteiger partial charge on any atom is -0.384 e. The van der Waals surface area contributed by atoms with Crippen molar-refractivity contribution >= 4 is 5.82 Å². The van der Waals surface area contributed by atoms with E-state index in [-0.39, 0.29) is 0 Å². The second-order valence-corrected chi connectivity index (χ2v) is 4.20. The number of imidazole rings is 1. The Kier molecular flexibility index (Phi) is 3.19. The normalized spacial score (nSPS) is 13.6. The molecule has 14 heavy (non-hydrogen) atoms. The zero-order valence-electron chi connectivity index (χ0n) is 9.83. The average Bonchev–Trinajstić information content (AvgIpc) is 2.40. The van der Waals surface area contributed by atoms with E-state index in [1.807, 2.05) is 6.92 Å². The molecule has 0 amide bonds.